The molecule has 0 bridgehead atoms. The number of aromatic hydroxyl groups is 1. The zero-order valence-electron chi connectivity index (χ0n) is 16.0. The van der Waals surface area contributed by atoms with E-state index in [1.165, 1.54) is 6.21 Å². The number of ether oxygens (including phenoxy) is 2. The number of carbonyl (C=O) groups excluding carboxylic acids is 1. The van der Waals surface area contributed by atoms with Crippen molar-refractivity contribution in [2.45, 2.75) is 6.92 Å². The Labute approximate surface area is 169 Å². The molecule has 6 heteroatoms. The van der Waals surface area contributed by atoms with Gasteiger partial charge in [-0.25, -0.2) is 5.43 Å². The molecule has 0 fully saturated rings. The topological polar surface area (TPSA) is 80.2 Å². The lowest BCUT2D eigenvalue weighted by Crippen LogP contribution is -2.24. The summed E-state index contributed by atoms with van der Waals surface area (Å²) in [7, 11) is 0. The van der Waals surface area contributed by atoms with E-state index in [9.17, 15) is 9.90 Å². The molecule has 0 saturated carbocycles. The van der Waals surface area contributed by atoms with E-state index in [0.717, 1.165) is 11.1 Å². The molecule has 0 unspecified atom stereocenters. The van der Waals surface area contributed by atoms with Crippen LogP contribution in [0.1, 0.15) is 12.5 Å². The monoisotopic (exact) mass is 390 g/mol. The average Bonchev–Trinajstić information content (AvgIpc) is 2.76. The zero-order valence-corrected chi connectivity index (χ0v) is 16.0. The van der Waals surface area contributed by atoms with Crippen molar-refractivity contribution in [3.63, 3.8) is 0 Å². The third-order valence-corrected chi connectivity index (χ3v) is 4.05. The van der Waals surface area contributed by atoms with E-state index in [0.29, 0.717) is 23.7 Å². The Hall–Kier alpha value is -3.80. The molecule has 3 aromatic carbocycles. The number of rotatable bonds is 8. The molecule has 0 heterocycles. The molecule has 29 heavy (non-hydrogen) atoms. The van der Waals surface area contributed by atoms with Crippen LogP contribution >= 0.6 is 0 Å². The van der Waals surface area contributed by atoms with Crippen LogP contribution in [0.3, 0.4) is 0 Å². The van der Waals surface area contributed by atoms with Gasteiger partial charge < -0.3 is 14.6 Å². The van der Waals surface area contributed by atoms with Crippen LogP contribution in [-0.4, -0.2) is 30.4 Å². The summed E-state index contributed by atoms with van der Waals surface area (Å²) in [5.41, 5.74) is 4.99. The summed E-state index contributed by atoms with van der Waals surface area (Å²) >= 11 is 0. The summed E-state index contributed by atoms with van der Waals surface area (Å²) in [4.78, 5) is 11.9. The Morgan fingerprint density at radius 2 is 1.69 bits per heavy atom. The molecule has 6 nitrogen and oxygen atoms in total. The number of amides is 1. The third-order valence-electron chi connectivity index (χ3n) is 4.05. The number of nitrogens with zero attached hydrogens (tertiary/aromatic N) is 1. The van der Waals surface area contributed by atoms with E-state index in [1.54, 1.807) is 18.2 Å². The molecular formula is C23H22N2O4. The Morgan fingerprint density at radius 3 is 2.41 bits per heavy atom. The van der Waals surface area contributed by atoms with Crippen LogP contribution in [0, 0.1) is 0 Å². The highest BCUT2D eigenvalue weighted by Crippen LogP contribution is 2.28. The van der Waals surface area contributed by atoms with Crippen molar-refractivity contribution < 1.29 is 19.4 Å². The second-order valence-electron chi connectivity index (χ2n) is 6.10. The summed E-state index contributed by atoms with van der Waals surface area (Å²) < 4.78 is 10.8. The van der Waals surface area contributed by atoms with Gasteiger partial charge in [0.15, 0.2) is 18.1 Å². The van der Waals surface area contributed by atoms with Crippen LogP contribution in [-0.2, 0) is 4.79 Å². The predicted octanol–water partition coefficient (Wildman–Crippen LogP) is 3.99. The van der Waals surface area contributed by atoms with Gasteiger partial charge in [-0.15, -0.1) is 0 Å². The van der Waals surface area contributed by atoms with E-state index in [2.05, 4.69) is 10.5 Å². The van der Waals surface area contributed by atoms with Crippen LogP contribution in [0.4, 0.5) is 0 Å². The van der Waals surface area contributed by atoms with Gasteiger partial charge in [-0.3, -0.25) is 4.79 Å². The van der Waals surface area contributed by atoms with Gasteiger partial charge in [-0.1, -0.05) is 48.5 Å². The zero-order chi connectivity index (χ0) is 20.5. The maximum Gasteiger partial charge on any atom is 0.277 e. The number of phenolic OH excluding ortho intramolecular Hbond substituents is 1. The van der Waals surface area contributed by atoms with Crippen molar-refractivity contribution in [3.8, 4) is 28.4 Å². The van der Waals surface area contributed by atoms with Gasteiger partial charge in [-0.2, -0.15) is 5.10 Å². The van der Waals surface area contributed by atoms with Crippen LogP contribution < -0.4 is 14.9 Å². The first-order chi connectivity index (χ1) is 14.2. The molecule has 0 aliphatic carbocycles. The second kappa shape index (κ2) is 9.94. The van der Waals surface area contributed by atoms with Gasteiger partial charge in [0.1, 0.15) is 5.75 Å². The molecular weight excluding hydrogens is 368 g/mol. The smallest absolute Gasteiger partial charge is 0.277 e. The lowest BCUT2D eigenvalue weighted by Gasteiger charge is -2.08. The molecule has 0 atom stereocenters. The SMILES string of the molecule is CCOc1cccc(/C=N/NC(=O)COc2ccc(-c3ccccc3)cc2)c1O. The highest BCUT2D eigenvalue weighted by atomic mass is 16.5. The van der Waals surface area contributed by atoms with Crippen molar-refractivity contribution in [1.29, 1.82) is 0 Å². The molecule has 3 aromatic rings. The maximum absolute atomic E-state index is 11.9. The van der Waals surface area contributed by atoms with Crippen LogP contribution in [0.25, 0.3) is 11.1 Å². The van der Waals surface area contributed by atoms with E-state index < -0.39 is 5.91 Å². The van der Waals surface area contributed by atoms with Gasteiger partial charge in [0.05, 0.1) is 12.8 Å². The Kier molecular flexibility index (Phi) is 6.84. The molecule has 3 rings (SSSR count). The van der Waals surface area contributed by atoms with Gasteiger partial charge in [0.25, 0.3) is 5.91 Å². The van der Waals surface area contributed by atoms with Gasteiger partial charge in [0.2, 0.25) is 0 Å². The van der Waals surface area contributed by atoms with Crippen LogP contribution in [0.2, 0.25) is 0 Å². The molecule has 0 spiro atoms. The fourth-order valence-corrected chi connectivity index (χ4v) is 2.64. The number of hydrogen-bond acceptors (Lipinski definition) is 5. The Morgan fingerprint density at radius 1 is 0.966 bits per heavy atom. The molecule has 148 valence electrons. The van der Waals surface area contributed by atoms with Gasteiger partial charge in [0, 0.05) is 5.56 Å². The highest BCUT2D eigenvalue weighted by molar-refractivity contribution is 5.86. The molecule has 0 radical (unpaired) electrons. The van der Waals surface area contributed by atoms with E-state index in [1.807, 2.05) is 61.5 Å². The Balaban J connectivity index is 1.50. The third kappa shape index (κ3) is 5.59. The van der Waals surface area contributed by atoms with Gasteiger partial charge >= 0.3 is 0 Å². The molecule has 2 N–H and O–H groups in total. The highest BCUT2D eigenvalue weighted by Gasteiger charge is 2.06. The number of benzene rings is 3. The number of nitrogens with one attached hydrogen (secondary N) is 1. The lowest BCUT2D eigenvalue weighted by atomic mass is 10.1. The first-order valence-electron chi connectivity index (χ1n) is 9.22. The normalized spacial score (nSPS) is 10.7. The molecule has 1 amide bonds. The van der Waals surface area contributed by atoms with E-state index in [-0.39, 0.29) is 12.4 Å². The number of hydrazone groups is 1. The average molecular weight is 390 g/mol. The number of hydrogen-bond donors (Lipinski definition) is 2. The van der Waals surface area contributed by atoms with Crippen LogP contribution in [0.15, 0.2) is 77.9 Å². The van der Waals surface area contributed by atoms with Crippen molar-refractivity contribution in [3.05, 3.63) is 78.4 Å². The quantitative estimate of drug-likeness (QED) is 0.450. The van der Waals surface area contributed by atoms with Crippen molar-refractivity contribution in [1.82, 2.24) is 5.43 Å². The molecule has 0 saturated heterocycles. The standard InChI is InChI=1S/C23H22N2O4/c1-2-28-21-10-6-9-19(23(21)27)15-24-25-22(26)16-29-20-13-11-18(12-14-20)17-7-4-3-5-8-17/h3-15,27H,2,16H2,1H3,(H,25,26)/b24-15+. The van der Waals surface area contributed by atoms with E-state index in [4.69, 9.17) is 9.47 Å². The summed E-state index contributed by atoms with van der Waals surface area (Å²) in [6.45, 7) is 2.09. The summed E-state index contributed by atoms with van der Waals surface area (Å²) in [5, 5.41) is 13.9. The summed E-state index contributed by atoms with van der Waals surface area (Å²) in [6.07, 6.45) is 1.35. The second-order valence-corrected chi connectivity index (χ2v) is 6.10. The molecule has 0 aliphatic rings. The summed E-state index contributed by atoms with van der Waals surface area (Å²) in [6, 6.07) is 22.6. The Bertz CT molecular complexity index is 970. The van der Waals surface area contributed by atoms with Gasteiger partial charge in [-0.05, 0) is 42.3 Å². The number of phenols is 1. The molecule has 0 aromatic heterocycles. The van der Waals surface area contributed by atoms with Crippen LogP contribution in [0.5, 0.6) is 17.2 Å². The number of carbonyl (C=O) groups is 1. The number of para-hydroxylation sites is 1. The van der Waals surface area contributed by atoms with E-state index >= 15 is 0 Å². The first-order valence-corrected chi connectivity index (χ1v) is 9.22. The first kappa shape index (κ1) is 19.9. The lowest BCUT2D eigenvalue weighted by molar-refractivity contribution is -0.123. The fraction of sp³-hybridized carbons (Fsp3) is 0.130. The maximum atomic E-state index is 11.9. The predicted molar refractivity (Wildman–Crippen MR) is 112 cm³/mol. The fourth-order valence-electron chi connectivity index (χ4n) is 2.64. The minimum atomic E-state index is -0.408. The minimum Gasteiger partial charge on any atom is -0.504 e. The molecule has 0 aliphatic heterocycles. The largest absolute Gasteiger partial charge is 0.504 e. The van der Waals surface area contributed by atoms with Crippen molar-refractivity contribution in [2.24, 2.45) is 5.10 Å². The van der Waals surface area contributed by atoms with Crippen molar-refractivity contribution >= 4 is 12.1 Å². The van der Waals surface area contributed by atoms with Crippen molar-refractivity contribution in [2.75, 3.05) is 13.2 Å². The minimum absolute atomic E-state index is 0.0258. The summed E-state index contributed by atoms with van der Waals surface area (Å²) in [5.74, 6) is 0.520.